The number of carbonyl (C=O) groups is 1. The molecule has 0 aliphatic carbocycles. The molecule has 0 bridgehead atoms. The molecule has 36 heavy (non-hydrogen) atoms. The number of benzene rings is 2. The fourth-order valence-electron chi connectivity index (χ4n) is 4.48. The number of halogens is 6. The Labute approximate surface area is 206 Å². The number of likely N-dealkylation sites (tertiary alicyclic amines) is 1. The van der Waals surface area contributed by atoms with Gasteiger partial charge in [0.25, 0.3) is 0 Å². The van der Waals surface area contributed by atoms with E-state index in [1.54, 1.807) is 0 Å². The molecule has 0 spiro atoms. The van der Waals surface area contributed by atoms with Crippen LogP contribution in [0, 0.1) is 23.7 Å². The molecule has 9 heteroatoms. The quantitative estimate of drug-likeness (QED) is 0.337. The molecule has 0 radical (unpaired) electrons. The van der Waals surface area contributed by atoms with Gasteiger partial charge in [0.05, 0.1) is 17.2 Å². The Balaban J connectivity index is 2.03. The number of carboxylic acid groups (broad SMARTS) is 1. The highest BCUT2D eigenvalue weighted by molar-refractivity contribution is 5.67. The third kappa shape index (κ3) is 7.03. The van der Waals surface area contributed by atoms with Crippen molar-refractivity contribution in [3.63, 3.8) is 0 Å². The average molecular weight is 512 g/mol. The highest BCUT2D eigenvalue weighted by atomic mass is 19.4. The Hall–Kier alpha value is -2.99. The fraction of sp³-hybridized carbons (Fsp3) is 0.444. The molecule has 0 unspecified atom stereocenters. The predicted octanol–water partition coefficient (Wildman–Crippen LogP) is 7.35. The normalized spacial score (nSPS) is 20.0. The third-order valence-corrected chi connectivity index (χ3v) is 6.23. The van der Waals surface area contributed by atoms with Crippen LogP contribution in [0.1, 0.15) is 67.4 Å². The first kappa shape index (κ1) is 27.6. The minimum absolute atomic E-state index is 0.0176. The maximum atomic E-state index is 13.1. The van der Waals surface area contributed by atoms with Crippen LogP contribution >= 0.6 is 0 Å². The second kappa shape index (κ2) is 11.0. The maximum absolute atomic E-state index is 13.1. The zero-order valence-electron chi connectivity index (χ0n) is 19.8. The number of aliphatic carboxylic acids is 1. The molecule has 1 heterocycles. The van der Waals surface area contributed by atoms with Gasteiger partial charge in [0, 0.05) is 24.9 Å². The van der Waals surface area contributed by atoms with Gasteiger partial charge in [-0.25, -0.2) is 0 Å². The fourth-order valence-corrected chi connectivity index (χ4v) is 4.48. The summed E-state index contributed by atoms with van der Waals surface area (Å²) in [5.41, 5.74) is -0.484. The van der Waals surface area contributed by atoms with Crippen molar-refractivity contribution in [2.75, 3.05) is 6.54 Å². The maximum Gasteiger partial charge on any atom is 0.416 e. The first-order valence-electron chi connectivity index (χ1n) is 11.6. The zero-order chi connectivity index (χ0) is 26.7. The van der Waals surface area contributed by atoms with Crippen molar-refractivity contribution in [3.05, 3.63) is 70.8 Å². The second-order valence-electron chi connectivity index (χ2n) is 9.33. The van der Waals surface area contributed by atoms with Crippen LogP contribution in [0.3, 0.4) is 0 Å². The lowest BCUT2D eigenvalue weighted by Crippen LogP contribution is -2.39. The van der Waals surface area contributed by atoms with E-state index in [-0.39, 0.29) is 18.3 Å². The van der Waals surface area contributed by atoms with Crippen molar-refractivity contribution in [1.29, 1.82) is 0 Å². The summed E-state index contributed by atoms with van der Waals surface area (Å²) in [7, 11) is 0. The van der Waals surface area contributed by atoms with E-state index in [0.29, 0.717) is 30.5 Å². The van der Waals surface area contributed by atoms with E-state index in [4.69, 9.17) is 0 Å². The van der Waals surface area contributed by atoms with Gasteiger partial charge in [-0.15, -0.1) is 0 Å². The standard InChI is InChI=1S/C27H27F6NO2/c1-17(2)3-12-23(19-4-8-21(9-5-19)26(28,29)30)34-14-13-18(16-25(35)36)15-24(34)20-6-10-22(11-7-20)27(31,32)33/h4-11,17-18,23-24H,13-16H2,1-2H3,(H,35,36)/t18-,23-,24+/m1/s1. The van der Waals surface area contributed by atoms with E-state index in [1.165, 1.54) is 24.3 Å². The molecule has 1 aliphatic rings. The Morgan fingerprint density at radius 2 is 1.47 bits per heavy atom. The molecule has 2 aromatic carbocycles. The van der Waals surface area contributed by atoms with Gasteiger partial charge in [0.15, 0.2) is 0 Å². The summed E-state index contributed by atoms with van der Waals surface area (Å²) in [4.78, 5) is 13.3. The Bertz CT molecular complexity index is 1090. The van der Waals surface area contributed by atoms with E-state index in [0.717, 1.165) is 24.3 Å². The van der Waals surface area contributed by atoms with Gasteiger partial charge >= 0.3 is 18.3 Å². The van der Waals surface area contributed by atoms with Crippen LogP contribution in [0.25, 0.3) is 0 Å². The van der Waals surface area contributed by atoms with Crippen LogP contribution in [0.4, 0.5) is 26.3 Å². The second-order valence-corrected chi connectivity index (χ2v) is 9.33. The minimum Gasteiger partial charge on any atom is -0.481 e. The molecular weight excluding hydrogens is 484 g/mol. The van der Waals surface area contributed by atoms with E-state index < -0.39 is 41.5 Å². The number of nitrogens with zero attached hydrogens (tertiary/aromatic N) is 1. The van der Waals surface area contributed by atoms with Gasteiger partial charge in [0.2, 0.25) is 0 Å². The lowest BCUT2D eigenvalue weighted by Gasteiger charge is -2.42. The summed E-state index contributed by atoms with van der Waals surface area (Å²) in [6.45, 7) is 4.15. The van der Waals surface area contributed by atoms with Gasteiger partial charge in [-0.3, -0.25) is 9.69 Å². The number of rotatable bonds is 5. The first-order chi connectivity index (χ1) is 16.8. The number of alkyl halides is 6. The average Bonchev–Trinajstić information content (AvgIpc) is 2.78. The highest BCUT2D eigenvalue weighted by Crippen LogP contribution is 2.42. The molecule has 1 N–H and O–H groups in total. The van der Waals surface area contributed by atoms with Crippen molar-refractivity contribution in [1.82, 2.24) is 4.90 Å². The SMILES string of the molecule is CC(C)C#C[C@H](c1ccc(C(F)(F)F)cc1)N1CC[C@@H](CC(=O)O)C[C@H]1c1ccc(C(F)(F)F)cc1. The molecule has 3 nitrogen and oxygen atoms in total. The van der Waals surface area contributed by atoms with Crippen molar-refractivity contribution in [2.45, 2.75) is 57.5 Å². The highest BCUT2D eigenvalue weighted by Gasteiger charge is 2.37. The molecule has 1 saturated heterocycles. The number of hydrogen-bond acceptors (Lipinski definition) is 2. The lowest BCUT2D eigenvalue weighted by molar-refractivity contribution is -0.139. The van der Waals surface area contributed by atoms with Crippen molar-refractivity contribution in [2.24, 2.45) is 11.8 Å². The van der Waals surface area contributed by atoms with E-state index in [2.05, 4.69) is 11.8 Å². The molecular formula is C27H27F6NO2. The van der Waals surface area contributed by atoms with Gasteiger partial charge in [-0.2, -0.15) is 26.3 Å². The molecule has 2 aromatic rings. The van der Waals surface area contributed by atoms with Gasteiger partial charge < -0.3 is 5.11 Å². The summed E-state index contributed by atoms with van der Waals surface area (Å²) < 4.78 is 78.7. The Morgan fingerprint density at radius 3 is 1.94 bits per heavy atom. The summed E-state index contributed by atoms with van der Waals surface area (Å²) in [5.74, 6) is 5.05. The van der Waals surface area contributed by atoms with Crippen LogP contribution in [-0.2, 0) is 17.1 Å². The first-order valence-corrected chi connectivity index (χ1v) is 11.6. The largest absolute Gasteiger partial charge is 0.481 e. The lowest BCUT2D eigenvalue weighted by atomic mass is 9.83. The van der Waals surface area contributed by atoms with Crippen LogP contribution < -0.4 is 0 Å². The molecule has 1 aliphatic heterocycles. The van der Waals surface area contributed by atoms with Gasteiger partial charge in [0.1, 0.15) is 0 Å². The molecule has 3 rings (SSSR count). The topological polar surface area (TPSA) is 40.5 Å². The van der Waals surface area contributed by atoms with Gasteiger partial charge in [-0.05, 0) is 54.2 Å². The predicted molar refractivity (Wildman–Crippen MR) is 123 cm³/mol. The summed E-state index contributed by atoms with van der Waals surface area (Å²) in [6.07, 6.45) is -8.17. The summed E-state index contributed by atoms with van der Waals surface area (Å²) in [5, 5.41) is 9.29. The number of piperidine rings is 1. The molecule has 0 aromatic heterocycles. The molecule has 0 saturated carbocycles. The third-order valence-electron chi connectivity index (χ3n) is 6.23. The monoisotopic (exact) mass is 511 g/mol. The van der Waals surface area contributed by atoms with Crippen molar-refractivity contribution in [3.8, 4) is 11.8 Å². The van der Waals surface area contributed by atoms with Crippen LogP contribution in [-0.4, -0.2) is 22.5 Å². The van der Waals surface area contributed by atoms with Crippen molar-refractivity contribution >= 4 is 5.97 Å². The number of hydrogen-bond donors (Lipinski definition) is 1. The van der Waals surface area contributed by atoms with E-state index in [1.807, 2.05) is 18.7 Å². The molecule has 194 valence electrons. The molecule has 1 fully saturated rings. The zero-order valence-corrected chi connectivity index (χ0v) is 19.8. The minimum atomic E-state index is -4.50. The van der Waals surface area contributed by atoms with Crippen LogP contribution in [0.5, 0.6) is 0 Å². The van der Waals surface area contributed by atoms with E-state index in [9.17, 15) is 36.2 Å². The van der Waals surface area contributed by atoms with Crippen molar-refractivity contribution < 1.29 is 36.2 Å². The van der Waals surface area contributed by atoms with Crippen LogP contribution in [0.2, 0.25) is 0 Å². The Morgan fingerprint density at radius 1 is 0.944 bits per heavy atom. The molecule has 3 atom stereocenters. The number of carboxylic acids is 1. The molecule has 0 amide bonds. The van der Waals surface area contributed by atoms with Crippen LogP contribution in [0.15, 0.2) is 48.5 Å². The summed E-state index contributed by atoms with van der Waals surface area (Å²) >= 11 is 0. The van der Waals surface area contributed by atoms with Gasteiger partial charge in [-0.1, -0.05) is 50.0 Å². The smallest absolute Gasteiger partial charge is 0.416 e. The summed E-state index contributed by atoms with van der Waals surface area (Å²) in [6, 6.07) is 8.38. The Kier molecular flexibility index (Phi) is 8.40. The van der Waals surface area contributed by atoms with E-state index >= 15 is 0 Å².